The first-order chi connectivity index (χ1) is 10.1. The third-order valence-corrected chi connectivity index (χ3v) is 5.10. The van der Waals surface area contributed by atoms with Crippen LogP contribution in [0.2, 0.25) is 0 Å². The highest BCUT2D eigenvalue weighted by atomic mass is 16.3. The van der Waals surface area contributed by atoms with Gasteiger partial charge in [0.2, 0.25) is 0 Å². The van der Waals surface area contributed by atoms with Crippen LogP contribution in [0.4, 0.5) is 0 Å². The molecule has 0 spiro atoms. The van der Waals surface area contributed by atoms with Crippen molar-refractivity contribution in [2.24, 2.45) is 5.73 Å². The highest BCUT2D eigenvalue weighted by Gasteiger charge is 2.44. The lowest BCUT2D eigenvalue weighted by atomic mass is 9.72. The highest BCUT2D eigenvalue weighted by molar-refractivity contribution is 5.46. The van der Waals surface area contributed by atoms with Gasteiger partial charge < -0.3 is 10.8 Å². The smallest absolute Gasteiger partial charge is 0.0904 e. The van der Waals surface area contributed by atoms with Crippen molar-refractivity contribution in [1.82, 2.24) is 0 Å². The molecule has 0 aromatic heterocycles. The van der Waals surface area contributed by atoms with E-state index in [9.17, 15) is 5.11 Å². The Kier molecular flexibility index (Phi) is 3.60. The number of aryl methyl sites for hydroxylation is 3. The molecule has 3 N–H and O–H groups in total. The van der Waals surface area contributed by atoms with E-state index >= 15 is 0 Å². The Hall–Kier alpha value is -1.64. The van der Waals surface area contributed by atoms with Crippen LogP contribution in [0.15, 0.2) is 42.5 Å². The van der Waals surface area contributed by atoms with Crippen LogP contribution in [0.3, 0.4) is 0 Å². The monoisotopic (exact) mass is 281 g/mol. The maximum Gasteiger partial charge on any atom is 0.0904 e. The number of fused-ring (bicyclic) bond motifs is 1. The van der Waals surface area contributed by atoms with Crippen molar-refractivity contribution < 1.29 is 5.11 Å². The lowest BCUT2D eigenvalue weighted by Crippen LogP contribution is -2.39. The largest absolute Gasteiger partial charge is 0.387 e. The number of rotatable bonds is 3. The maximum absolute atomic E-state index is 11.2. The van der Waals surface area contributed by atoms with Crippen LogP contribution in [0.1, 0.15) is 40.3 Å². The van der Waals surface area contributed by atoms with Crippen LogP contribution in [-0.4, -0.2) is 11.7 Å². The Bertz CT molecular complexity index is 644. The van der Waals surface area contributed by atoms with Gasteiger partial charge in [-0.2, -0.15) is 0 Å². The molecule has 0 aliphatic heterocycles. The summed E-state index contributed by atoms with van der Waals surface area (Å²) < 4.78 is 0. The predicted molar refractivity (Wildman–Crippen MR) is 86.4 cm³/mol. The Morgan fingerprint density at radius 3 is 2.43 bits per heavy atom. The van der Waals surface area contributed by atoms with E-state index in [0.29, 0.717) is 6.54 Å². The molecule has 0 bridgehead atoms. The summed E-state index contributed by atoms with van der Waals surface area (Å²) in [5, 5.41) is 11.2. The van der Waals surface area contributed by atoms with Crippen LogP contribution in [-0.2, 0) is 11.8 Å². The molecule has 0 heterocycles. The average Bonchev–Trinajstić information content (AvgIpc) is 2.87. The molecule has 0 radical (unpaired) electrons. The van der Waals surface area contributed by atoms with Crippen molar-refractivity contribution in [2.45, 2.75) is 38.2 Å². The molecule has 2 aromatic rings. The fourth-order valence-electron chi connectivity index (χ4n) is 3.86. The molecule has 0 saturated heterocycles. The van der Waals surface area contributed by atoms with Crippen molar-refractivity contribution in [3.05, 3.63) is 70.3 Å². The molecule has 2 nitrogen and oxygen atoms in total. The molecule has 0 amide bonds. The van der Waals surface area contributed by atoms with Crippen molar-refractivity contribution >= 4 is 0 Å². The van der Waals surface area contributed by atoms with E-state index in [2.05, 4.69) is 44.2 Å². The minimum absolute atomic E-state index is 0.354. The summed E-state index contributed by atoms with van der Waals surface area (Å²) in [7, 11) is 0. The molecule has 21 heavy (non-hydrogen) atoms. The van der Waals surface area contributed by atoms with Gasteiger partial charge in [0, 0.05) is 12.0 Å². The summed E-state index contributed by atoms with van der Waals surface area (Å²) in [5.41, 5.74) is 11.7. The number of hydrogen-bond donors (Lipinski definition) is 2. The van der Waals surface area contributed by atoms with E-state index in [1.165, 1.54) is 11.1 Å². The van der Waals surface area contributed by atoms with Gasteiger partial charge in [-0.25, -0.2) is 0 Å². The zero-order valence-electron chi connectivity index (χ0n) is 12.8. The van der Waals surface area contributed by atoms with Gasteiger partial charge in [-0.1, -0.05) is 42.5 Å². The number of hydrogen-bond acceptors (Lipinski definition) is 2. The molecular formula is C19H23NO. The third kappa shape index (κ3) is 2.10. The molecule has 2 aromatic carbocycles. The van der Waals surface area contributed by atoms with Crippen LogP contribution in [0.25, 0.3) is 0 Å². The molecule has 1 aliphatic carbocycles. The Labute approximate surface area is 126 Å². The summed E-state index contributed by atoms with van der Waals surface area (Å²) in [5.74, 6) is 0. The van der Waals surface area contributed by atoms with Crippen LogP contribution in [0.5, 0.6) is 0 Å². The molecule has 110 valence electrons. The van der Waals surface area contributed by atoms with E-state index in [1.54, 1.807) is 0 Å². The van der Waals surface area contributed by atoms with Gasteiger partial charge >= 0.3 is 0 Å². The second kappa shape index (κ2) is 5.28. The summed E-state index contributed by atoms with van der Waals surface area (Å²) in [6.45, 7) is 4.60. The van der Waals surface area contributed by atoms with Crippen molar-refractivity contribution in [1.29, 1.82) is 0 Å². The molecule has 0 saturated carbocycles. The van der Waals surface area contributed by atoms with Gasteiger partial charge in [0.25, 0.3) is 0 Å². The maximum atomic E-state index is 11.2. The molecule has 2 unspecified atom stereocenters. The first-order valence-electron chi connectivity index (χ1n) is 7.63. The van der Waals surface area contributed by atoms with E-state index < -0.39 is 6.10 Å². The summed E-state index contributed by atoms with van der Waals surface area (Å²) >= 11 is 0. The second-order valence-electron chi connectivity index (χ2n) is 6.23. The molecule has 1 aliphatic rings. The molecule has 0 fully saturated rings. The Morgan fingerprint density at radius 2 is 1.76 bits per heavy atom. The van der Waals surface area contributed by atoms with Gasteiger partial charge in [-0.05, 0) is 54.5 Å². The van der Waals surface area contributed by atoms with E-state index in [0.717, 1.165) is 29.5 Å². The topological polar surface area (TPSA) is 46.2 Å². The van der Waals surface area contributed by atoms with Gasteiger partial charge in [-0.3, -0.25) is 0 Å². The molecule has 3 rings (SSSR count). The van der Waals surface area contributed by atoms with Crippen molar-refractivity contribution in [3.63, 3.8) is 0 Å². The SMILES string of the molecule is Cc1cccc(C)c1C(O)C1(CN)CCc2ccccc21. The zero-order valence-corrected chi connectivity index (χ0v) is 12.8. The lowest BCUT2D eigenvalue weighted by Gasteiger charge is -2.36. The minimum Gasteiger partial charge on any atom is -0.387 e. The van der Waals surface area contributed by atoms with Gasteiger partial charge in [-0.15, -0.1) is 0 Å². The first kappa shape index (κ1) is 14.3. The first-order valence-corrected chi connectivity index (χ1v) is 7.63. The quantitative estimate of drug-likeness (QED) is 0.907. The summed E-state index contributed by atoms with van der Waals surface area (Å²) in [6, 6.07) is 14.6. The van der Waals surface area contributed by atoms with Gasteiger partial charge in [0.1, 0.15) is 0 Å². The molecule has 2 atom stereocenters. The number of nitrogens with two attached hydrogens (primary N) is 1. The van der Waals surface area contributed by atoms with E-state index in [1.807, 2.05) is 12.1 Å². The zero-order chi connectivity index (χ0) is 15.0. The predicted octanol–water partition coefficient (Wildman–Crippen LogP) is 3.18. The normalized spacial score (nSPS) is 22.1. The van der Waals surface area contributed by atoms with Crippen LogP contribution >= 0.6 is 0 Å². The number of aliphatic hydroxyl groups excluding tert-OH is 1. The molecular weight excluding hydrogens is 258 g/mol. The average molecular weight is 281 g/mol. The van der Waals surface area contributed by atoms with E-state index in [4.69, 9.17) is 5.73 Å². The summed E-state index contributed by atoms with van der Waals surface area (Å²) in [6.07, 6.45) is 1.36. The van der Waals surface area contributed by atoms with Crippen molar-refractivity contribution in [2.75, 3.05) is 6.54 Å². The van der Waals surface area contributed by atoms with Crippen LogP contribution < -0.4 is 5.73 Å². The fourth-order valence-corrected chi connectivity index (χ4v) is 3.86. The summed E-state index contributed by atoms with van der Waals surface area (Å²) in [4.78, 5) is 0. The number of aliphatic hydroxyl groups is 1. The number of benzene rings is 2. The fraction of sp³-hybridized carbons (Fsp3) is 0.368. The van der Waals surface area contributed by atoms with E-state index in [-0.39, 0.29) is 5.41 Å². The Morgan fingerprint density at radius 1 is 1.10 bits per heavy atom. The third-order valence-electron chi connectivity index (χ3n) is 5.10. The van der Waals surface area contributed by atoms with Gasteiger partial charge in [0.15, 0.2) is 0 Å². The minimum atomic E-state index is -0.549. The van der Waals surface area contributed by atoms with Gasteiger partial charge in [0.05, 0.1) is 6.10 Å². The molecule has 2 heteroatoms. The van der Waals surface area contributed by atoms with Crippen LogP contribution in [0, 0.1) is 13.8 Å². The highest BCUT2D eigenvalue weighted by Crippen LogP contribution is 2.47. The van der Waals surface area contributed by atoms with Crippen molar-refractivity contribution in [3.8, 4) is 0 Å². The lowest BCUT2D eigenvalue weighted by molar-refractivity contribution is 0.0829. The second-order valence-corrected chi connectivity index (χ2v) is 6.23. The Balaban J connectivity index is 2.14. The standard InChI is InChI=1S/C19H23NO/c1-13-6-5-7-14(2)17(13)18(21)19(12-20)11-10-15-8-3-4-9-16(15)19/h3-9,18,21H,10-12,20H2,1-2H3.